The van der Waals surface area contributed by atoms with E-state index in [-0.39, 0.29) is 18.4 Å². The molecule has 28 heavy (non-hydrogen) atoms. The van der Waals surface area contributed by atoms with E-state index in [0.29, 0.717) is 43.3 Å². The molecule has 1 fully saturated rings. The summed E-state index contributed by atoms with van der Waals surface area (Å²) in [6.45, 7) is 2.52. The molecule has 144 valence electrons. The van der Waals surface area contributed by atoms with Crippen LogP contribution in [0.2, 0.25) is 0 Å². The first-order valence-corrected chi connectivity index (χ1v) is 9.30. The standard InChI is InChI=1S/C22H22N2O4/c1-27-18-9-7-17(8-10-18)19-20(23-11-13-28-14-12-23)22(26)24(21(19)25)15-16-5-3-2-4-6-16/h2-10H,11-15H2,1H3. The first kappa shape index (κ1) is 18.3. The Morgan fingerprint density at radius 1 is 0.929 bits per heavy atom. The second kappa shape index (κ2) is 7.86. The molecule has 6 nitrogen and oxygen atoms in total. The second-order valence-electron chi connectivity index (χ2n) is 6.73. The van der Waals surface area contributed by atoms with Gasteiger partial charge in [0.05, 0.1) is 32.4 Å². The maximum absolute atomic E-state index is 13.3. The minimum absolute atomic E-state index is 0.249. The van der Waals surface area contributed by atoms with Crippen LogP contribution < -0.4 is 4.74 Å². The maximum atomic E-state index is 13.3. The molecule has 2 heterocycles. The van der Waals surface area contributed by atoms with Crippen LogP contribution in [0.15, 0.2) is 60.3 Å². The van der Waals surface area contributed by atoms with E-state index in [2.05, 4.69) is 0 Å². The monoisotopic (exact) mass is 378 g/mol. The average molecular weight is 378 g/mol. The Morgan fingerprint density at radius 3 is 2.25 bits per heavy atom. The van der Waals surface area contributed by atoms with Crippen molar-refractivity contribution in [3.63, 3.8) is 0 Å². The summed E-state index contributed by atoms with van der Waals surface area (Å²) in [5, 5.41) is 0. The van der Waals surface area contributed by atoms with Crippen molar-refractivity contribution in [1.29, 1.82) is 0 Å². The summed E-state index contributed by atoms with van der Waals surface area (Å²) in [4.78, 5) is 29.9. The van der Waals surface area contributed by atoms with E-state index in [0.717, 1.165) is 11.1 Å². The van der Waals surface area contributed by atoms with Crippen LogP contribution >= 0.6 is 0 Å². The predicted molar refractivity (Wildman–Crippen MR) is 104 cm³/mol. The predicted octanol–water partition coefficient (Wildman–Crippen LogP) is 2.31. The van der Waals surface area contributed by atoms with Crippen LogP contribution in [0.25, 0.3) is 5.57 Å². The number of carbonyl (C=O) groups is 2. The molecule has 2 aromatic rings. The molecular formula is C22H22N2O4. The molecule has 0 atom stereocenters. The molecule has 0 aromatic heterocycles. The fourth-order valence-corrected chi connectivity index (χ4v) is 3.57. The van der Waals surface area contributed by atoms with E-state index in [1.54, 1.807) is 19.2 Å². The number of benzene rings is 2. The Morgan fingerprint density at radius 2 is 1.61 bits per heavy atom. The second-order valence-corrected chi connectivity index (χ2v) is 6.73. The minimum Gasteiger partial charge on any atom is -0.497 e. The molecule has 0 spiro atoms. The summed E-state index contributed by atoms with van der Waals surface area (Å²) in [5.41, 5.74) is 2.55. The summed E-state index contributed by atoms with van der Waals surface area (Å²) < 4.78 is 10.6. The van der Waals surface area contributed by atoms with Crippen molar-refractivity contribution in [3.05, 3.63) is 71.4 Å². The number of hydrogen-bond donors (Lipinski definition) is 0. The van der Waals surface area contributed by atoms with Crippen molar-refractivity contribution in [2.45, 2.75) is 6.54 Å². The lowest BCUT2D eigenvalue weighted by Gasteiger charge is -2.29. The first-order valence-electron chi connectivity index (χ1n) is 9.30. The third-order valence-corrected chi connectivity index (χ3v) is 5.03. The molecule has 4 rings (SSSR count). The summed E-state index contributed by atoms with van der Waals surface area (Å²) in [6, 6.07) is 16.8. The smallest absolute Gasteiger partial charge is 0.278 e. The van der Waals surface area contributed by atoms with Gasteiger partial charge in [-0.25, -0.2) is 0 Å². The van der Waals surface area contributed by atoms with E-state index >= 15 is 0 Å². The zero-order chi connectivity index (χ0) is 19.5. The average Bonchev–Trinajstić information content (AvgIpc) is 3.00. The lowest BCUT2D eigenvalue weighted by molar-refractivity contribution is -0.138. The number of carbonyl (C=O) groups excluding carboxylic acids is 2. The van der Waals surface area contributed by atoms with E-state index in [4.69, 9.17) is 9.47 Å². The van der Waals surface area contributed by atoms with Crippen molar-refractivity contribution in [1.82, 2.24) is 9.80 Å². The molecule has 0 unspecified atom stereocenters. The number of amides is 2. The highest BCUT2D eigenvalue weighted by molar-refractivity contribution is 6.35. The van der Waals surface area contributed by atoms with Crippen molar-refractivity contribution in [3.8, 4) is 5.75 Å². The zero-order valence-electron chi connectivity index (χ0n) is 15.8. The third-order valence-electron chi connectivity index (χ3n) is 5.03. The summed E-state index contributed by atoms with van der Waals surface area (Å²) in [6.07, 6.45) is 0. The largest absolute Gasteiger partial charge is 0.497 e. The molecule has 0 aliphatic carbocycles. The number of ether oxygens (including phenoxy) is 2. The van der Waals surface area contributed by atoms with Crippen LogP contribution in [0.3, 0.4) is 0 Å². The van der Waals surface area contributed by atoms with Gasteiger partial charge in [-0.2, -0.15) is 0 Å². The van der Waals surface area contributed by atoms with Crippen molar-refractivity contribution in [2.75, 3.05) is 33.4 Å². The van der Waals surface area contributed by atoms with Crippen LogP contribution in [0, 0.1) is 0 Å². The van der Waals surface area contributed by atoms with Gasteiger partial charge in [0.25, 0.3) is 11.8 Å². The summed E-state index contributed by atoms with van der Waals surface area (Å²) >= 11 is 0. The molecule has 0 N–H and O–H groups in total. The van der Waals surface area contributed by atoms with Gasteiger partial charge in [-0.05, 0) is 23.3 Å². The number of methoxy groups -OCH3 is 1. The van der Waals surface area contributed by atoms with E-state index in [1.807, 2.05) is 47.4 Å². The van der Waals surface area contributed by atoms with Crippen LogP contribution in [0.4, 0.5) is 0 Å². The lowest BCUT2D eigenvalue weighted by Crippen LogP contribution is -2.40. The highest BCUT2D eigenvalue weighted by Gasteiger charge is 2.41. The number of hydrogen-bond acceptors (Lipinski definition) is 5. The molecule has 0 radical (unpaired) electrons. The number of imide groups is 1. The highest BCUT2D eigenvalue weighted by atomic mass is 16.5. The van der Waals surface area contributed by atoms with Gasteiger partial charge >= 0.3 is 0 Å². The number of morpholine rings is 1. The molecular weight excluding hydrogens is 356 g/mol. The zero-order valence-corrected chi connectivity index (χ0v) is 15.8. The van der Waals surface area contributed by atoms with Gasteiger partial charge in [0, 0.05) is 13.1 Å². The molecule has 1 saturated heterocycles. The van der Waals surface area contributed by atoms with Crippen LogP contribution in [-0.2, 0) is 20.9 Å². The number of rotatable bonds is 5. The molecule has 2 aliphatic rings. The summed E-state index contributed by atoms with van der Waals surface area (Å²) in [7, 11) is 1.60. The molecule has 6 heteroatoms. The molecule has 0 bridgehead atoms. The van der Waals surface area contributed by atoms with E-state index < -0.39 is 0 Å². The normalized spacial score (nSPS) is 17.5. The Labute approximate surface area is 164 Å². The van der Waals surface area contributed by atoms with Gasteiger partial charge in [-0.15, -0.1) is 0 Å². The molecule has 2 amide bonds. The van der Waals surface area contributed by atoms with E-state index in [9.17, 15) is 9.59 Å². The van der Waals surface area contributed by atoms with Crippen molar-refractivity contribution in [2.24, 2.45) is 0 Å². The van der Waals surface area contributed by atoms with Gasteiger partial charge in [0.1, 0.15) is 11.4 Å². The molecule has 2 aliphatic heterocycles. The topological polar surface area (TPSA) is 59.1 Å². The van der Waals surface area contributed by atoms with Gasteiger partial charge < -0.3 is 14.4 Å². The SMILES string of the molecule is COc1ccc(C2=C(N3CCOCC3)C(=O)N(Cc3ccccc3)C2=O)cc1. The van der Waals surface area contributed by atoms with Crippen LogP contribution in [-0.4, -0.2) is 55.0 Å². The quantitative estimate of drug-likeness (QED) is 0.748. The Bertz CT molecular complexity index is 900. The van der Waals surface area contributed by atoms with Crippen LogP contribution in [0.1, 0.15) is 11.1 Å². The fourth-order valence-electron chi connectivity index (χ4n) is 3.57. The molecule has 0 saturated carbocycles. The highest BCUT2D eigenvalue weighted by Crippen LogP contribution is 2.33. The third kappa shape index (κ3) is 3.39. The maximum Gasteiger partial charge on any atom is 0.278 e. The Kier molecular flexibility index (Phi) is 5.12. The number of nitrogens with zero attached hydrogens (tertiary/aromatic N) is 2. The van der Waals surface area contributed by atoms with Gasteiger partial charge in [-0.1, -0.05) is 42.5 Å². The van der Waals surface area contributed by atoms with Gasteiger partial charge in [0.15, 0.2) is 0 Å². The first-order chi connectivity index (χ1) is 13.7. The Balaban J connectivity index is 1.73. The van der Waals surface area contributed by atoms with Crippen LogP contribution in [0.5, 0.6) is 5.75 Å². The van der Waals surface area contributed by atoms with E-state index in [1.165, 1.54) is 4.90 Å². The Hall–Kier alpha value is -3.12. The minimum atomic E-state index is -0.263. The fraction of sp³-hybridized carbons (Fsp3) is 0.273. The lowest BCUT2D eigenvalue weighted by atomic mass is 10.0. The van der Waals surface area contributed by atoms with Gasteiger partial charge in [0.2, 0.25) is 0 Å². The van der Waals surface area contributed by atoms with Gasteiger partial charge in [-0.3, -0.25) is 14.5 Å². The van der Waals surface area contributed by atoms with Crippen molar-refractivity contribution >= 4 is 17.4 Å². The summed E-state index contributed by atoms with van der Waals surface area (Å²) in [5.74, 6) is 0.192. The molecule has 2 aromatic carbocycles. The van der Waals surface area contributed by atoms with Crippen molar-refractivity contribution < 1.29 is 19.1 Å².